The maximum Gasteiger partial charge on any atom is 0.0671 e. The van der Waals surface area contributed by atoms with Gasteiger partial charge in [0.2, 0.25) is 0 Å². The molecule has 2 nitrogen and oxygen atoms in total. The molecule has 0 heterocycles. The first-order chi connectivity index (χ1) is 7.63. The van der Waals surface area contributed by atoms with Crippen molar-refractivity contribution in [2.75, 3.05) is 20.1 Å². The molecule has 1 aliphatic rings. The molecule has 0 aromatic carbocycles. The van der Waals surface area contributed by atoms with E-state index in [0.717, 1.165) is 12.5 Å². The van der Waals surface area contributed by atoms with E-state index in [2.05, 4.69) is 31.9 Å². The van der Waals surface area contributed by atoms with Crippen LogP contribution in [0.1, 0.15) is 46.0 Å². The molecule has 16 heavy (non-hydrogen) atoms. The van der Waals surface area contributed by atoms with Crippen molar-refractivity contribution in [3.8, 4) is 6.07 Å². The van der Waals surface area contributed by atoms with Gasteiger partial charge in [0.15, 0.2) is 0 Å². The predicted octanol–water partition coefficient (Wildman–Crippen LogP) is 3.29. The summed E-state index contributed by atoms with van der Waals surface area (Å²) in [5.41, 5.74) is 0. The standard InChI is InChI=1S/C14H26N2/c1-12(2)14(9-15)11-16(3)10-13-7-5-4-6-8-13/h12-14H,4-8,10-11H2,1-3H3. The van der Waals surface area contributed by atoms with Crippen molar-refractivity contribution < 1.29 is 0 Å². The van der Waals surface area contributed by atoms with Crippen LogP contribution in [0.3, 0.4) is 0 Å². The van der Waals surface area contributed by atoms with Gasteiger partial charge in [-0.05, 0) is 31.7 Å². The van der Waals surface area contributed by atoms with Crippen LogP contribution in [0, 0.1) is 29.1 Å². The van der Waals surface area contributed by atoms with Crippen LogP contribution in [0.2, 0.25) is 0 Å². The SMILES string of the molecule is CC(C)C(C#N)CN(C)CC1CCCCC1. The first kappa shape index (κ1) is 13.5. The van der Waals surface area contributed by atoms with E-state index in [4.69, 9.17) is 5.26 Å². The maximum atomic E-state index is 9.07. The Bertz CT molecular complexity index is 223. The molecule has 1 atom stereocenters. The van der Waals surface area contributed by atoms with Gasteiger partial charge in [-0.1, -0.05) is 33.1 Å². The molecule has 0 bridgehead atoms. The Balaban J connectivity index is 2.28. The van der Waals surface area contributed by atoms with Crippen LogP contribution in [-0.4, -0.2) is 25.0 Å². The predicted molar refractivity (Wildman–Crippen MR) is 68.0 cm³/mol. The van der Waals surface area contributed by atoms with E-state index in [9.17, 15) is 0 Å². The summed E-state index contributed by atoms with van der Waals surface area (Å²) in [5, 5.41) is 9.07. The fourth-order valence-corrected chi connectivity index (χ4v) is 2.62. The summed E-state index contributed by atoms with van der Waals surface area (Å²) in [6.07, 6.45) is 7.02. The van der Waals surface area contributed by atoms with Crippen molar-refractivity contribution in [2.24, 2.45) is 17.8 Å². The van der Waals surface area contributed by atoms with E-state index in [-0.39, 0.29) is 5.92 Å². The van der Waals surface area contributed by atoms with Gasteiger partial charge in [-0.2, -0.15) is 5.26 Å². The third-order valence-electron chi connectivity index (χ3n) is 3.77. The van der Waals surface area contributed by atoms with Gasteiger partial charge in [-0.3, -0.25) is 0 Å². The number of hydrogen-bond donors (Lipinski definition) is 0. The second kappa shape index (κ2) is 6.91. The molecule has 1 aliphatic carbocycles. The van der Waals surface area contributed by atoms with Crippen molar-refractivity contribution >= 4 is 0 Å². The molecule has 2 heteroatoms. The Hall–Kier alpha value is -0.550. The van der Waals surface area contributed by atoms with E-state index in [1.54, 1.807) is 0 Å². The molecular weight excluding hydrogens is 196 g/mol. The van der Waals surface area contributed by atoms with Crippen LogP contribution in [0.25, 0.3) is 0 Å². The smallest absolute Gasteiger partial charge is 0.0671 e. The lowest BCUT2D eigenvalue weighted by molar-refractivity contribution is 0.207. The highest BCUT2D eigenvalue weighted by molar-refractivity contribution is 4.87. The van der Waals surface area contributed by atoms with Gasteiger partial charge in [-0.25, -0.2) is 0 Å². The lowest BCUT2D eigenvalue weighted by Crippen LogP contribution is -2.32. The molecule has 0 aromatic heterocycles. The van der Waals surface area contributed by atoms with Gasteiger partial charge >= 0.3 is 0 Å². The van der Waals surface area contributed by atoms with Crippen LogP contribution in [0.5, 0.6) is 0 Å². The minimum atomic E-state index is 0.189. The Labute approximate surface area is 101 Å². The minimum Gasteiger partial charge on any atom is -0.305 e. The van der Waals surface area contributed by atoms with Crippen LogP contribution in [-0.2, 0) is 0 Å². The molecule has 0 aromatic rings. The monoisotopic (exact) mass is 222 g/mol. The minimum absolute atomic E-state index is 0.189. The lowest BCUT2D eigenvalue weighted by Gasteiger charge is -2.28. The van der Waals surface area contributed by atoms with Crippen molar-refractivity contribution in [1.82, 2.24) is 4.90 Å². The van der Waals surface area contributed by atoms with Gasteiger partial charge in [0, 0.05) is 13.1 Å². The van der Waals surface area contributed by atoms with Gasteiger partial charge in [0.1, 0.15) is 0 Å². The number of hydrogen-bond acceptors (Lipinski definition) is 2. The molecule has 0 amide bonds. The van der Waals surface area contributed by atoms with E-state index >= 15 is 0 Å². The van der Waals surface area contributed by atoms with Crippen molar-refractivity contribution in [3.63, 3.8) is 0 Å². The Kier molecular flexibility index (Phi) is 5.84. The van der Waals surface area contributed by atoms with Crippen molar-refractivity contribution in [1.29, 1.82) is 5.26 Å². The summed E-state index contributed by atoms with van der Waals surface area (Å²) in [5.74, 6) is 1.54. The molecule has 1 unspecified atom stereocenters. The van der Waals surface area contributed by atoms with Crippen molar-refractivity contribution in [3.05, 3.63) is 0 Å². The Morgan fingerprint density at radius 1 is 1.25 bits per heavy atom. The first-order valence-corrected chi connectivity index (χ1v) is 6.71. The van der Waals surface area contributed by atoms with Gasteiger partial charge in [0.25, 0.3) is 0 Å². The molecule has 0 N–H and O–H groups in total. The number of rotatable bonds is 5. The van der Waals surface area contributed by atoms with Gasteiger partial charge in [0.05, 0.1) is 12.0 Å². The topological polar surface area (TPSA) is 27.0 Å². The third kappa shape index (κ3) is 4.53. The fourth-order valence-electron chi connectivity index (χ4n) is 2.62. The Morgan fingerprint density at radius 3 is 2.38 bits per heavy atom. The quantitative estimate of drug-likeness (QED) is 0.713. The van der Waals surface area contributed by atoms with Crippen LogP contribution in [0.15, 0.2) is 0 Å². The number of nitriles is 1. The zero-order chi connectivity index (χ0) is 12.0. The average molecular weight is 222 g/mol. The lowest BCUT2D eigenvalue weighted by atomic mass is 9.88. The second-order valence-corrected chi connectivity index (χ2v) is 5.70. The summed E-state index contributed by atoms with van der Waals surface area (Å²) in [6.45, 7) is 6.40. The molecule has 1 rings (SSSR count). The molecule has 0 radical (unpaired) electrons. The highest BCUT2D eigenvalue weighted by Gasteiger charge is 2.19. The van der Waals surface area contributed by atoms with Crippen LogP contribution in [0.4, 0.5) is 0 Å². The number of nitrogens with zero attached hydrogens (tertiary/aromatic N) is 2. The van der Waals surface area contributed by atoms with Crippen LogP contribution >= 0.6 is 0 Å². The van der Waals surface area contributed by atoms with E-state index in [1.165, 1.54) is 38.6 Å². The maximum absolute atomic E-state index is 9.07. The summed E-state index contributed by atoms with van der Waals surface area (Å²) >= 11 is 0. The fraction of sp³-hybridized carbons (Fsp3) is 0.929. The third-order valence-corrected chi connectivity index (χ3v) is 3.77. The zero-order valence-corrected chi connectivity index (χ0v) is 11.1. The molecule has 0 saturated heterocycles. The van der Waals surface area contributed by atoms with Gasteiger partial charge in [-0.15, -0.1) is 0 Å². The van der Waals surface area contributed by atoms with Gasteiger partial charge < -0.3 is 4.90 Å². The molecule has 92 valence electrons. The summed E-state index contributed by atoms with van der Waals surface area (Å²) in [6, 6.07) is 2.43. The van der Waals surface area contributed by atoms with E-state index in [0.29, 0.717) is 5.92 Å². The normalized spacial score (nSPS) is 20.0. The largest absolute Gasteiger partial charge is 0.305 e. The van der Waals surface area contributed by atoms with Crippen molar-refractivity contribution in [2.45, 2.75) is 46.0 Å². The van der Waals surface area contributed by atoms with E-state index < -0.39 is 0 Å². The second-order valence-electron chi connectivity index (χ2n) is 5.70. The molecule has 0 aliphatic heterocycles. The first-order valence-electron chi connectivity index (χ1n) is 6.71. The van der Waals surface area contributed by atoms with E-state index in [1.807, 2.05) is 0 Å². The summed E-state index contributed by atoms with van der Waals surface area (Å²) in [7, 11) is 2.17. The summed E-state index contributed by atoms with van der Waals surface area (Å²) in [4.78, 5) is 2.36. The average Bonchev–Trinajstić information content (AvgIpc) is 2.27. The molecule has 1 saturated carbocycles. The molecular formula is C14H26N2. The highest BCUT2D eigenvalue weighted by Crippen LogP contribution is 2.24. The summed E-state index contributed by atoms with van der Waals surface area (Å²) < 4.78 is 0. The molecule has 1 fully saturated rings. The van der Waals surface area contributed by atoms with Crippen LogP contribution < -0.4 is 0 Å². The molecule has 0 spiro atoms. The Morgan fingerprint density at radius 2 is 1.88 bits per heavy atom. The highest BCUT2D eigenvalue weighted by atomic mass is 15.1. The zero-order valence-electron chi connectivity index (χ0n) is 11.1.